The molecule has 0 bridgehead atoms. The molecule has 5 nitrogen and oxygen atoms in total. The number of nitrogens with zero attached hydrogens (tertiary/aromatic N) is 1. The highest BCUT2D eigenvalue weighted by atomic mass is 16.5. The van der Waals surface area contributed by atoms with Gasteiger partial charge < -0.3 is 15.0 Å². The fourth-order valence-electron chi connectivity index (χ4n) is 3.13. The van der Waals surface area contributed by atoms with Gasteiger partial charge in [-0.1, -0.05) is 0 Å². The van der Waals surface area contributed by atoms with Gasteiger partial charge in [-0.15, -0.1) is 0 Å². The molecule has 2 saturated carbocycles. The third-order valence-electron chi connectivity index (χ3n) is 4.71. The van der Waals surface area contributed by atoms with E-state index in [1.807, 2.05) is 11.8 Å². The minimum absolute atomic E-state index is 0.0432. The number of amides is 2. The normalized spacial score (nSPS) is 28.1. The van der Waals surface area contributed by atoms with Crippen LogP contribution in [0.3, 0.4) is 0 Å². The summed E-state index contributed by atoms with van der Waals surface area (Å²) in [5.74, 6) is 0.0412. The van der Waals surface area contributed by atoms with Gasteiger partial charge in [-0.25, -0.2) is 4.79 Å². The predicted octanol–water partition coefficient (Wildman–Crippen LogP) is 1.52. The number of nitrogens with one attached hydrogen (secondary N) is 1. The molecule has 1 spiro atoms. The number of hydrogen-bond donors (Lipinski definition) is 1. The number of carbonyl (C=O) groups is 2. The lowest BCUT2D eigenvalue weighted by atomic mass is 9.91. The fourth-order valence-corrected chi connectivity index (χ4v) is 3.13. The van der Waals surface area contributed by atoms with Gasteiger partial charge >= 0.3 is 12.0 Å². The first-order valence-corrected chi connectivity index (χ1v) is 7.37. The molecule has 0 aromatic heterocycles. The SMILES string of the molecule is CCOC(=O)C1CC12CCN(C(=O)NC1CC1)CC2. The van der Waals surface area contributed by atoms with Crippen molar-refractivity contribution < 1.29 is 14.3 Å². The molecule has 3 fully saturated rings. The molecule has 1 atom stereocenters. The van der Waals surface area contributed by atoms with E-state index in [0.29, 0.717) is 12.6 Å². The van der Waals surface area contributed by atoms with Gasteiger partial charge in [-0.3, -0.25) is 4.79 Å². The lowest BCUT2D eigenvalue weighted by Gasteiger charge is -2.32. The Bertz CT molecular complexity index is 384. The Morgan fingerprint density at radius 1 is 1.32 bits per heavy atom. The summed E-state index contributed by atoms with van der Waals surface area (Å²) in [6, 6.07) is 0.488. The molecule has 1 aliphatic heterocycles. The highest BCUT2D eigenvalue weighted by Gasteiger charge is 2.59. The second-order valence-electron chi connectivity index (χ2n) is 6.08. The van der Waals surface area contributed by atoms with Crippen LogP contribution in [-0.2, 0) is 9.53 Å². The van der Waals surface area contributed by atoms with E-state index in [9.17, 15) is 9.59 Å². The topological polar surface area (TPSA) is 58.6 Å². The minimum Gasteiger partial charge on any atom is -0.466 e. The minimum atomic E-state index is -0.0432. The van der Waals surface area contributed by atoms with Gasteiger partial charge in [0.1, 0.15) is 0 Å². The van der Waals surface area contributed by atoms with E-state index >= 15 is 0 Å². The van der Waals surface area contributed by atoms with Crippen molar-refractivity contribution in [2.24, 2.45) is 11.3 Å². The van der Waals surface area contributed by atoms with Gasteiger partial charge in [-0.05, 0) is 44.4 Å². The Hall–Kier alpha value is -1.26. The van der Waals surface area contributed by atoms with Crippen LogP contribution in [0.25, 0.3) is 0 Å². The Labute approximate surface area is 113 Å². The van der Waals surface area contributed by atoms with Crippen LogP contribution in [0.2, 0.25) is 0 Å². The van der Waals surface area contributed by atoms with Crippen molar-refractivity contribution in [1.82, 2.24) is 10.2 Å². The summed E-state index contributed by atoms with van der Waals surface area (Å²) in [7, 11) is 0. The molecule has 1 unspecified atom stereocenters. The van der Waals surface area contributed by atoms with Gasteiger partial charge in [0.05, 0.1) is 12.5 Å². The molecule has 2 aliphatic carbocycles. The first-order valence-electron chi connectivity index (χ1n) is 7.37. The third kappa shape index (κ3) is 2.55. The van der Waals surface area contributed by atoms with Crippen LogP contribution in [0.1, 0.15) is 39.0 Å². The number of esters is 1. The molecule has 3 aliphatic rings. The summed E-state index contributed by atoms with van der Waals surface area (Å²) in [4.78, 5) is 25.5. The maximum atomic E-state index is 11.9. The van der Waals surface area contributed by atoms with Crippen LogP contribution >= 0.6 is 0 Å². The van der Waals surface area contributed by atoms with Gasteiger partial charge in [0, 0.05) is 19.1 Å². The summed E-state index contributed by atoms with van der Waals surface area (Å²) in [5, 5.41) is 3.02. The second kappa shape index (κ2) is 4.69. The zero-order chi connectivity index (χ0) is 13.5. The Morgan fingerprint density at radius 2 is 2.00 bits per heavy atom. The van der Waals surface area contributed by atoms with Crippen LogP contribution in [0.4, 0.5) is 4.79 Å². The van der Waals surface area contributed by atoms with Gasteiger partial charge in [0.15, 0.2) is 0 Å². The molecule has 106 valence electrons. The number of carbonyl (C=O) groups excluding carboxylic acids is 2. The Balaban J connectivity index is 1.47. The number of piperidine rings is 1. The summed E-state index contributed by atoms with van der Waals surface area (Å²) in [6.07, 6.45) is 5.07. The predicted molar refractivity (Wildman–Crippen MR) is 69.5 cm³/mol. The quantitative estimate of drug-likeness (QED) is 0.788. The molecule has 2 amide bonds. The van der Waals surface area contributed by atoms with Crippen molar-refractivity contribution in [2.75, 3.05) is 19.7 Å². The number of hydrogen-bond acceptors (Lipinski definition) is 3. The molecule has 19 heavy (non-hydrogen) atoms. The van der Waals surface area contributed by atoms with E-state index < -0.39 is 0 Å². The Kier molecular flexibility index (Phi) is 3.15. The fraction of sp³-hybridized carbons (Fsp3) is 0.857. The summed E-state index contributed by atoms with van der Waals surface area (Å²) in [6.45, 7) is 3.85. The van der Waals surface area contributed by atoms with Gasteiger partial charge in [0.25, 0.3) is 0 Å². The van der Waals surface area contributed by atoms with Crippen molar-refractivity contribution in [1.29, 1.82) is 0 Å². The first kappa shape index (κ1) is 12.8. The number of urea groups is 1. The lowest BCUT2D eigenvalue weighted by Crippen LogP contribution is -2.46. The Morgan fingerprint density at radius 3 is 2.58 bits per heavy atom. The molecule has 1 heterocycles. The third-order valence-corrected chi connectivity index (χ3v) is 4.71. The molecule has 0 aromatic carbocycles. The molecule has 5 heteroatoms. The zero-order valence-electron chi connectivity index (χ0n) is 11.5. The smallest absolute Gasteiger partial charge is 0.317 e. The average Bonchev–Trinajstić information content (AvgIpc) is 3.29. The van der Waals surface area contributed by atoms with Crippen molar-refractivity contribution in [3.63, 3.8) is 0 Å². The van der Waals surface area contributed by atoms with Crippen LogP contribution in [0.5, 0.6) is 0 Å². The van der Waals surface area contributed by atoms with Gasteiger partial charge in [-0.2, -0.15) is 0 Å². The standard InChI is InChI=1S/C14H22N2O3/c1-2-19-12(17)11-9-14(11)5-7-16(8-6-14)13(18)15-10-3-4-10/h10-11H,2-9H2,1H3,(H,15,18). The molecule has 1 N–H and O–H groups in total. The second-order valence-corrected chi connectivity index (χ2v) is 6.08. The molecule has 0 radical (unpaired) electrons. The van der Waals surface area contributed by atoms with Crippen molar-refractivity contribution in [3.05, 3.63) is 0 Å². The number of likely N-dealkylation sites (tertiary alicyclic amines) is 1. The lowest BCUT2D eigenvalue weighted by molar-refractivity contribution is -0.145. The van der Waals surface area contributed by atoms with E-state index in [1.165, 1.54) is 0 Å². The van der Waals surface area contributed by atoms with Crippen LogP contribution in [-0.4, -0.2) is 42.6 Å². The molecule has 1 saturated heterocycles. The highest BCUT2D eigenvalue weighted by Crippen LogP contribution is 2.59. The monoisotopic (exact) mass is 266 g/mol. The van der Waals surface area contributed by atoms with Crippen molar-refractivity contribution >= 4 is 12.0 Å². The van der Waals surface area contributed by atoms with Crippen molar-refractivity contribution in [2.45, 2.75) is 45.1 Å². The summed E-state index contributed by atoms with van der Waals surface area (Å²) in [5.41, 5.74) is 0.141. The maximum absolute atomic E-state index is 11.9. The van der Waals surface area contributed by atoms with Crippen LogP contribution in [0, 0.1) is 11.3 Å². The van der Waals surface area contributed by atoms with Crippen LogP contribution in [0.15, 0.2) is 0 Å². The van der Waals surface area contributed by atoms with Crippen LogP contribution < -0.4 is 5.32 Å². The average molecular weight is 266 g/mol. The number of ether oxygens (including phenoxy) is 1. The molecular formula is C14H22N2O3. The molecular weight excluding hydrogens is 244 g/mol. The summed E-state index contributed by atoms with van der Waals surface area (Å²) >= 11 is 0. The van der Waals surface area contributed by atoms with Gasteiger partial charge in [0.2, 0.25) is 0 Å². The highest BCUT2D eigenvalue weighted by molar-refractivity contribution is 5.78. The molecule has 0 aromatic rings. The van der Waals surface area contributed by atoms with E-state index in [4.69, 9.17) is 4.74 Å². The summed E-state index contributed by atoms with van der Waals surface area (Å²) < 4.78 is 5.10. The van der Waals surface area contributed by atoms with E-state index in [1.54, 1.807) is 0 Å². The van der Waals surface area contributed by atoms with E-state index in [-0.39, 0.29) is 23.3 Å². The largest absolute Gasteiger partial charge is 0.466 e. The maximum Gasteiger partial charge on any atom is 0.317 e. The van der Waals surface area contributed by atoms with Crippen molar-refractivity contribution in [3.8, 4) is 0 Å². The molecule has 3 rings (SSSR count). The first-order chi connectivity index (χ1) is 9.14. The number of rotatable bonds is 3. The van der Waals surface area contributed by atoms with E-state index in [2.05, 4.69) is 5.32 Å². The zero-order valence-corrected chi connectivity index (χ0v) is 11.5. The van der Waals surface area contributed by atoms with E-state index in [0.717, 1.165) is 45.2 Å².